The van der Waals surface area contributed by atoms with Gasteiger partial charge in [0, 0.05) is 17.0 Å². The van der Waals surface area contributed by atoms with E-state index in [2.05, 4.69) is 16.5 Å². The summed E-state index contributed by atoms with van der Waals surface area (Å²) in [6.45, 7) is 5.34. The van der Waals surface area contributed by atoms with Crippen LogP contribution < -0.4 is 5.56 Å². The monoisotopic (exact) mass is 254 g/mol. The predicted molar refractivity (Wildman–Crippen MR) is 66.5 cm³/mol. The van der Waals surface area contributed by atoms with E-state index in [1.165, 1.54) is 11.8 Å². The number of H-pyrrole nitrogens is 1. The van der Waals surface area contributed by atoms with Gasteiger partial charge in [0.1, 0.15) is 0 Å². The van der Waals surface area contributed by atoms with E-state index in [-0.39, 0.29) is 12.0 Å². The molecule has 0 aliphatic heterocycles. The third kappa shape index (κ3) is 4.07. The Morgan fingerprint density at radius 1 is 1.65 bits per heavy atom. The maximum absolute atomic E-state index is 11.7. The molecule has 0 unspecified atom stereocenters. The van der Waals surface area contributed by atoms with E-state index >= 15 is 0 Å². The van der Waals surface area contributed by atoms with Crippen LogP contribution in [0.3, 0.4) is 0 Å². The van der Waals surface area contributed by atoms with Gasteiger partial charge < -0.3 is 10.1 Å². The maximum atomic E-state index is 11.7. The second-order valence-corrected chi connectivity index (χ2v) is 4.50. The van der Waals surface area contributed by atoms with Gasteiger partial charge in [0.25, 0.3) is 5.56 Å². The van der Waals surface area contributed by atoms with Crippen LogP contribution in [-0.2, 0) is 11.2 Å². The molecule has 0 radical (unpaired) electrons. The maximum Gasteiger partial charge on any atom is 0.304 e. The van der Waals surface area contributed by atoms with Crippen LogP contribution in [-0.4, -0.2) is 26.8 Å². The van der Waals surface area contributed by atoms with Crippen molar-refractivity contribution in [1.82, 2.24) is 9.97 Å². The molecule has 5 nitrogen and oxygen atoms in total. The quantitative estimate of drug-likeness (QED) is 0.455. The van der Waals surface area contributed by atoms with Gasteiger partial charge >= 0.3 is 5.97 Å². The SMILES string of the molecule is C=CCc1c(C)nc(SCCC(=O)O)[nH]c1=O. The number of nitrogens with zero attached hydrogens (tertiary/aromatic N) is 1. The highest BCUT2D eigenvalue weighted by Gasteiger charge is 2.07. The zero-order valence-corrected chi connectivity index (χ0v) is 10.3. The van der Waals surface area contributed by atoms with E-state index < -0.39 is 5.97 Å². The fourth-order valence-corrected chi connectivity index (χ4v) is 2.11. The Bertz CT molecular complexity index is 482. The molecule has 0 aliphatic carbocycles. The largest absolute Gasteiger partial charge is 0.481 e. The summed E-state index contributed by atoms with van der Waals surface area (Å²) in [7, 11) is 0. The average Bonchev–Trinajstić information content (AvgIpc) is 2.23. The minimum Gasteiger partial charge on any atom is -0.481 e. The lowest BCUT2D eigenvalue weighted by atomic mass is 10.2. The van der Waals surface area contributed by atoms with E-state index in [0.717, 1.165) is 0 Å². The van der Waals surface area contributed by atoms with Gasteiger partial charge in [0.2, 0.25) is 0 Å². The van der Waals surface area contributed by atoms with Crippen LogP contribution in [0.5, 0.6) is 0 Å². The fourth-order valence-electron chi connectivity index (χ4n) is 1.27. The average molecular weight is 254 g/mol. The highest BCUT2D eigenvalue weighted by molar-refractivity contribution is 7.99. The number of aromatic amines is 1. The van der Waals surface area contributed by atoms with Crippen molar-refractivity contribution in [2.45, 2.75) is 24.9 Å². The number of nitrogens with one attached hydrogen (secondary N) is 1. The number of allylic oxidation sites excluding steroid dienone is 1. The molecule has 0 spiro atoms. The molecule has 0 amide bonds. The lowest BCUT2D eigenvalue weighted by molar-refractivity contribution is -0.136. The first kappa shape index (κ1) is 13.5. The number of carboxylic acids is 1. The molecule has 0 aromatic carbocycles. The second kappa shape index (κ2) is 6.24. The molecule has 2 N–H and O–H groups in total. The van der Waals surface area contributed by atoms with Gasteiger partial charge in [-0.15, -0.1) is 6.58 Å². The van der Waals surface area contributed by atoms with Crippen LogP contribution in [0, 0.1) is 6.92 Å². The third-order valence-corrected chi connectivity index (χ3v) is 2.98. The summed E-state index contributed by atoms with van der Waals surface area (Å²) in [5.41, 5.74) is 1.07. The number of rotatable bonds is 6. The first-order chi connectivity index (χ1) is 8.04. The topological polar surface area (TPSA) is 83.0 Å². The number of carboxylic acid groups (broad SMARTS) is 1. The first-order valence-electron chi connectivity index (χ1n) is 5.10. The summed E-state index contributed by atoms with van der Waals surface area (Å²) in [4.78, 5) is 28.9. The molecular formula is C11H14N2O3S. The van der Waals surface area contributed by atoms with Crippen LogP contribution in [0.25, 0.3) is 0 Å². The van der Waals surface area contributed by atoms with Crippen molar-refractivity contribution in [2.24, 2.45) is 0 Å². The van der Waals surface area contributed by atoms with Crippen molar-refractivity contribution in [1.29, 1.82) is 0 Å². The molecule has 17 heavy (non-hydrogen) atoms. The van der Waals surface area contributed by atoms with E-state index in [0.29, 0.717) is 28.6 Å². The Kier molecular flexibility index (Phi) is 4.96. The highest BCUT2D eigenvalue weighted by Crippen LogP contribution is 2.13. The molecule has 1 aromatic heterocycles. The Morgan fingerprint density at radius 3 is 2.88 bits per heavy atom. The fraction of sp³-hybridized carbons (Fsp3) is 0.364. The van der Waals surface area contributed by atoms with E-state index in [1.54, 1.807) is 13.0 Å². The summed E-state index contributed by atoms with van der Waals surface area (Å²) < 4.78 is 0. The Balaban J connectivity index is 2.79. The number of hydrogen-bond donors (Lipinski definition) is 2. The van der Waals surface area contributed by atoms with E-state index in [4.69, 9.17) is 5.11 Å². The zero-order valence-electron chi connectivity index (χ0n) is 9.52. The molecule has 0 bridgehead atoms. The molecule has 6 heteroatoms. The van der Waals surface area contributed by atoms with Crippen LogP contribution in [0.15, 0.2) is 22.6 Å². The van der Waals surface area contributed by atoms with Gasteiger partial charge in [-0.25, -0.2) is 4.98 Å². The Labute approximate surface area is 103 Å². The van der Waals surface area contributed by atoms with Crippen LogP contribution in [0.4, 0.5) is 0 Å². The van der Waals surface area contributed by atoms with Crippen molar-refractivity contribution in [2.75, 3.05) is 5.75 Å². The molecule has 0 saturated heterocycles. The number of carbonyl (C=O) groups is 1. The number of thioether (sulfide) groups is 1. The van der Waals surface area contributed by atoms with Crippen molar-refractivity contribution in [3.05, 3.63) is 34.3 Å². The van der Waals surface area contributed by atoms with E-state index in [9.17, 15) is 9.59 Å². The molecule has 0 fully saturated rings. The van der Waals surface area contributed by atoms with Crippen LogP contribution in [0.2, 0.25) is 0 Å². The number of aliphatic carboxylic acids is 1. The number of aromatic nitrogens is 2. The highest BCUT2D eigenvalue weighted by atomic mass is 32.2. The summed E-state index contributed by atoms with van der Waals surface area (Å²) in [5.74, 6) is -0.474. The molecule has 1 heterocycles. The molecule has 0 aliphatic rings. The minimum absolute atomic E-state index is 0.0435. The third-order valence-electron chi connectivity index (χ3n) is 2.10. The minimum atomic E-state index is -0.861. The normalized spacial score (nSPS) is 10.2. The molecular weight excluding hydrogens is 240 g/mol. The van der Waals surface area contributed by atoms with E-state index in [1.807, 2.05) is 0 Å². The Hall–Kier alpha value is -1.56. The summed E-state index contributed by atoms with van der Waals surface area (Å²) >= 11 is 1.23. The lowest BCUT2D eigenvalue weighted by Gasteiger charge is -2.04. The number of hydrogen-bond acceptors (Lipinski definition) is 4. The van der Waals surface area contributed by atoms with Crippen LogP contribution in [0.1, 0.15) is 17.7 Å². The summed E-state index contributed by atoms with van der Waals surface area (Å²) in [6.07, 6.45) is 2.17. The van der Waals surface area contributed by atoms with Gasteiger partial charge in [-0.05, 0) is 13.3 Å². The summed E-state index contributed by atoms with van der Waals surface area (Å²) in [5, 5.41) is 8.96. The van der Waals surface area contributed by atoms with Crippen molar-refractivity contribution >= 4 is 17.7 Å². The zero-order chi connectivity index (χ0) is 12.8. The van der Waals surface area contributed by atoms with Gasteiger partial charge in [0.05, 0.1) is 6.42 Å². The van der Waals surface area contributed by atoms with Crippen LogP contribution >= 0.6 is 11.8 Å². The summed E-state index contributed by atoms with van der Waals surface area (Å²) in [6, 6.07) is 0. The number of aryl methyl sites for hydroxylation is 1. The second-order valence-electron chi connectivity index (χ2n) is 3.42. The predicted octanol–water partition coefficient (Wildman–Crippen LogP) is 1.37. The van der Waals surface area contributed by atoms with Crippen molar-refractivity contribution in [3.63, 3.8) is 0 Å². The van der Waals surface area contributed by atoms with Crippen molar-refractivity contribution in [3.8, 4) is 0 Å². The Morgan fingerprint density at radius 2 is 2.35 bits per heavy atom. The smallest absolute Gasteiger partial charge is 0.304 e. The molecule has 1 aromatic rings. The van der Waals surface area contributed by atoms with Gasteiger partial charge in [-0.2, -0.15) is 0 Å². The van der Waals surface area contributed by atoms with Gasteiger partial charge in [-0.1, -0.05) is 17.8 Å². The van der Waals surface area contributed by atoms with Crippen molar-refractivity contribution < 1.29 is 9.90 Å². The molecule has 92 valence electrons. The molecule has 0 atom stereocenters. The lowest BCUT2D eigenvalue weighted by Crippen LogP contribution is -2.16. The molecule has 0 saturated carbocycles. The molecule has 1 rings (SSSR count). The van der Waals surface area contributed by atoms with Gasteiger partial charge in [-0.3, -0.25) is 9.59 Å². The standard InChI is InChI=1S/C11H14N2O3S/c1-3-4-8-7(2)12-11(13-10(8)16)17-6-5-9(14)15/h3H,1,4-6H2,2H3,(H,14,15)(H,12,13,16). The van der Waals surface area contributed by atoms with Gasteiger partial charge in [0.15, 0.2) is 5.16 Å². The first-order valence-corrected chi connectivity index (χ1v) is 6.08.